The van der Waals surface area contributed by atoms with E-state index in [1.807, 2.05) is 52.0 Å². The second-order valence-electron chi connectivity index (χ2n) is 8.31. The minimum absolute atomic E-state index is 0.161. The molecule has 4 rings (SSSR count). The molecule has 0 saturated heterocycles. The van der Waals surface area contributed by atoms with E-state index in [9.17, 15) is 4.79 Å². The minimum atomic E-state index is -0.759. The maximum atomic E-state index is 10.9. The highest BCUT2D eigenvalue weighted by Gasteiger charge is 2.32. The fraction of sp³-hybridized carbons (Fsp3) is 0.519. The molecule has 0 bridgehead atoms. The highest BCUT2D eigenvalue weighted by atomic mass is 35.5. The van der Waals surface area contributed by atoms with Gasteiger partial charge < -0.3 is 14.6 Å². The first kappa shape index (κ1) is 26.1. The van der Waals surface area contributed by atoms with Crippen molar-refractivity contribution in [3.05, 3.63) is 57.1 Å². The van der Waals surface area contributed by atoms with Crippen LogP contribution in [0.5, 0.6) is 11.5 Å². The Morgan fingerprint density at radius 2 is 1.78 bits per heavy atom. The molecule has 1 N–H and O–H groups in total. The average molecular weight is 461 g/mol. The third-order valence-corrected chi connectivity index (χ3v) is 5.75. The molecule has 1 heterocycles. The molecule has 1 aliphatic heterocycles. The molecular formula is C27H37ClO4. The first-order valence-corrected chi connectivity index (χ1v) is 12.2. The monoisotopic (exact) mass is 460 g/mol. The van der Waals surface area contributed by atoms with Crippen molar-refractivity contribution in [1.29, 1.82) is 0 Å². The summed E-state index contributed by atoms with van der Waals surface area (Å²) in [5, 5.41) is 9.68. The van der Waals surface area contributed by atoms with Crippen LogP contribution in [0.1, 0.15) is 82.2 Å². The summed E-state index contributed by atoms with van der Waals surface area (Å²) in [5.74, 6) is 1.02. The summed E-state index contributed by atoms with van der Waals surface area (Å²) in [7, 11) is 0. The van der Waals surface area contributed by atoms with E-state index in [0.717, 1.165) is 53.9 Å². The summed E-state index contributed by atoms with van der Waals surface area (Å²) in [4.78, 5) is 10.9. The second-order valence-corrected chi connectivity index (χ2v) is 8.74. The lowest BCUT2D eigenvalue weighted by atomic mass is 9.98. The SMILES string of the molecule is CC.CC.CC1(C)Cc2cc(Cl)cc(COc3ccc(CCC(=O)O)c4c3CCC4)c2O1. The lowest BCUT2D eigenvalue weighted by molar-refractivity contribution is -0.136. The number of fused-ring (bicyclic) bond motifs is 2. The summed E-state index contributed by atoms with van der Waals surface area (Å²) in [6.07, 6.45) is 4.62. The highest BCUT2D eigenvalue weighted by molar-refractivity contribution is 6.30. The van der Waals surface area contributed by atoms with Crippen molar-refractivity contribution in [3.8, 4) is 11.5 Å². The van der Waals surface area contributed by atoms with Gasteiger partial charge in [0.1, 0.15) is 23.7 Å². The quantitative estimate of drug-likeness (QED) is 0.495. The molecule has 0 unspecified atom stereocenters. The van der Waals surface area contributed by atoms with Crippen LogP contribution in [0.15, 0.2) is 24.3 Å². The first-order chi connectivity index (χ1) is 15.3. The van der Waals surface area contributed by atoms with Crippen LogP contribution in [0.3, 0.4) is 0 Å². The van der Waals surface area contributed by atoms with Gasteiger partial charge in [0.05, 0.1) is 0 Å². The molecule has 5 heteroatoms. The maximum Gasteiger partial charge on any atom is 0.303 e. The molecule has 0 saturated carbocycles. The molecule has 0 fully saturated rings. The zero-order chi connectivity index (χ0) is 23.9. The number of carboxylic acids is 1. The third kappa shape index (κ3) is 6.19. The van der Waals surface area contributed by atoms with E-state index in [-0.39, 0.29) is 12.0 Å². The molecule has 0 atom stereocenters. The third-order valence-electron chi connectivity index (χ3n) is 5.53. The van der Waals surface area contributed by atoms with E-state index in [1.54, 1.807) is 0 Å². The lowest BCUT2D eigenvalue weighted by Crippen LogP contribution is -2.25. The molecule has 0 spiro atoms. The van der Waals surface area contributed by atoms with Crippen molar-refractivity contribution < 1.29 is 19.4 Å². The average Bonchev–Trinajstić information content (AvgIpc) is 3.37. The zero-order valence-electron chi connectivity index (χ0n) is 20.3. The zero-order valence-corrected chi connectivity index (χ0v) is 21.1. The number of ether oxygens (including phenoxy) is 2. The number of hydrogen-bond donors (Lipinski definition) is 1. The van der Waals surface area contributed by atoms with Gasteiger partial charge in [0.2, 0.25) is 0 Å². The summed E-state index contributed by atoms with van der Waals surface area (Å²) < 4.78 is 12.3. The minimum Gasteiger partial charge on any atom is -0.488 e. The molecule has 2 aromatic rings. The number of halogens is 1. The van der Waals surface area contributed by atoms with E-state index < -0.39 is 5.97 Å². The fourth-order valence-corrected chi connectivity index (χ4v) is 4.63. The van der Waals surface area contributed by atoms with Crippen LogP contribution >= 0.6 is 11.6 Å². The Morgan fingerprint density at radius 1 is 1.09 bits per heavy atom. The molecule has 32 heavy (non-hydrogen) atoms. The van der Waals surface area contributed by atoms with Gasteiger partial charge in [-0.3, -0.25) is 4.79 Å². The number of carbonyl (C=O) groups is 1. The number of carboxylic acid groups (broad SMARTS) is 1. The molecule has 0 aromatic heterocycles. The summed E-state index contributed by atoms with van der Waals surface area (Å²) in [6.45, 7) is 12.6. The predicted molar refractivity (Wildman–Crippen MR) is 131 cm³/mol. The Bertz CT molecular complexity index is 934. The lowest BCUT2D eigenvalue weighted by Gasteiger charge is -2.19. The standard InChI is InChI=1S/C23H25ClO4.2C2H6/c1-23(2)12-15-10-17(24)11-16(22(15)28-23)13-27-20-8-6-14(7-9-21(25)26)18-4-3-5-19(18)20;2*1-2/h6,8,10-11H,3-5,7,9,12-13H2,1-2H3,(H,25,26);2*1-2H3. The highest BCUT2D eigenvalue weighted by Crippen LogP contribution is 2.41. The topological polar surface area (TPSA) is 55.8 Å². The molecule has 4 nitrogen and oxygen atoms in total. The van der Waals surface area contributed by atoms with Crippen LogP contribution < -0.4 is 9.47 Å². The van der Waals surface area contributed by atoms with E-state index in [4.69, 9.17) is 26.2 Å². The van der Waals surface area contributed by atoms with Crippen molar-refractivity contribution in [2.24, 2.45) is 0 Å². The molecular weight excluding hydrogens is 424 g/mol. The first-order valence-electron chi connectivity index (χ1n) is 11.8. The number of aryl methyl sites for hydroxylation is 1. The molecule has 1 aliphatic carbocycles. The normalized spacial score (nSPS) is 14.7. The van der Waals surface area contributed by atoms with E-state index in [0.29, 0.717) is 18.1 Å². The summed E-state index contributed by atoms with van der Waals surface area (Å²) in [5.41, 5.74) is 5.50. The molecule has 176 valence electrons. The number of hydrogen-bond acceptors (Lipinski definition) is 3. The van der Waals surface area contributed by atoms with Crippen LogP contribution in [-0.2, 0) is 37.1 Å². The molecule has 2 aromatic carbocycles. The van der Waals surface area contributed by atoms with Crippen molar-refractivity contribution in [3.63, 3.8) is 0 Å². The van der Waals surface area contributed by atoms with Crippen LogP contribution in [0, 0.1) is 0 Å². The Kier molecular flexibility index (Phi) is 9.45. The van der Waals surface area contributed by atoms with Crippen molar-refractivity contribution in [2.45, 2.75) is 92.3 Å². The second kappa shape index (κ2) is 11.6. The van der Waals surface area contributed by atoms with Gasteiger partial charge in [0, 0.05) is 23.4 Å². The van der Waals surface area contributed by atoms with Crippen molar-refractivity contribution in [1.82, 2.24) is 0 Å². The van der Waals surface area contributed by atoms with Gasteiger partial charge in [-0.15, -0.1) is 0 Å². The van der Waals surface area contributed by atoms with Gasteiger partial charge in [0.25, 0.3) is 0 Å². The van der Waals surface area contributed by atoms with E-state index >= 15 is 0 Å². The van der Waals surface area contributed by atoms with Gasteiger partial charge in [0.15, 0.2) is 0 Å². The number of aliphatic carboxylic acids is 1. The fourth-order valence-electron chi connectivity index (χ4n) is 4.37. The van der Waals surface area contributed by atoms with Crippen LogP contribution in [0.2, 0.25) is 5.02 Å². The number of benzene rings is 2. The molecule has 0 radical (unpaired) electrons. The van der Waals surface area contributed by atoms with E-state index in [1.165, 1.54) is 11.1 Å². The summed E-state index contributed by atoms with van der Waals surface area (Å²) >= 11 is 6.32. The van der Waals surface area contributed by atoms with Crippen LogP contribution in [0.4, 0.5) is 0 Å². The molecule has 0 amide bonds. The largest absolute Gasteiger partial charge is 0.488 e. The van der Waals surface area contributed by atoms with Crippen LogP contribution in [-0.4, -0.2) is 16.7 Å². The Balaban J connectivity index is 0.000000860. The Hall–Kier alpha value is -2.20. The number of rotatable bonds is 6. The smallest absolute Gasteiger partial charge is 0.303 e. The van der Waals surface area contributed by atoms with Crippen molar-refractivity contribution in [2.75, 3.05) is 0 Å². The van der Waals surface area contributed by atoms with Crippen LogP contribution in [0.25, 0.3) is 0 Å². The van der Waals surface area contributed by atoms with Gasteiger partial charge in [-0.25, -0.2) is 0 Å². The summed E-state index contributed by atoms with van der Waals surface area (Å²) in [6, 6.07) is 7.90. The van der Waals surface area contributed by atoms with E-state index in [2.05, 4.69) is 13.8 Å². The van der Waals surface area contributed by atoms with Gasteiger partial charge in [-0.2, -0.15) is 0 Å². The van der Waals surface area contributed by atoms with Gasteiger partial charge >= 0.3 is 5.97 Å². The van der Waals surface area contributed by atoms with Gasteiger partial charge in [-0.05, 0) is 80.0 Å². The maximum absolute atomic E-state index is 10.9. The Morgan fingerprint density at radius 3 is 2.47 bits per heavy atom. The predicted octanol–water partition coefficient (Wildman–Crippen LogP) is 7.19. The molecule has 2 aliphatic rings. The van der Waals surface area contributed by atoms with Gasteiger partial charge in [-0.1, -0.05) is 45.4 Å². The van der Waals surface area contributed by atoms with Crippen molar-refractivity contribution >= 4 is 17.6 Å². The Labute approximate surface area is 197 Å².